The maximum Gasteiger partial charge on any atom is 0.323 e. The maximum atomic E-state index is 13.1. The second kappa shape index (κ2) is 7.96. The third-order valence-electron chi connectivity index (χ3n) is 4.53. The van der Waals surface area contributed by atoms with E-state index in [0.29, 0.717) is 28.8 Å². The van der Waals surface area contributed by atoms with Crippen LogP contribution in [0.2, 0.25) is 0 Å². The van der Waals surface area contributed by atoms with Gasteiger partial charge in [-0.1, -0.05) is 44.4 Å². The lowest BCUT2D eigenvalue weighted by Crippen LogP contribution is -2.34. The first kappa shape index (κ1) is 19.2. The van der Waals surface area contributed by atoms with Gasteiger partial charge in [-0.3, -0.25) is 24.1 Å². The van der Waals surface area contributed by atoms with Gasteiger partial charge in [-0.25, -0.2) is 0 Å². The molecule has 2 aliphatic heterocycles. The summed E-state index contributed by atoms with van der Waals surface area (Å²) in [5.74, 6) is -2.31. The van der Waals surface area contributed by atoms with Gasteiger partial charge in [0, 0.05) is 12.1 Å². The molecular formula is C19H20N2O5S. The largest absolute Gasteiger partial charge is 0.480 e. The molecule has 2 heterocycles. The summed E-state index contributed by atoms with van der Waals surface area (Å²) < 4.78 is 0. The number of amides is 3. The highest BCUT2D eigenvalue weighted by Crippen LogP contribution is 2.44. The Bertz CT molecular complexity index is 848. The van der Waals surface area contributed by atoms with Crippen molar-refractivity contribution < 1.29 is 24.3 Å². The molecule has 0 radical (unpaired) electrons. The first-order valence-electron chi connectivity index (χ1n) is 8.86. The molecule has 0 atom stereocenters. The lowest BCUT2D eigenvalue weighted by atomic mass is 10.1. The van der Waals surface area contributed by atoms with Gasteiger partial charge in [-0.15, -0.1) is 0 Å². The van der Waals surface area contributed by atoms with Crippen LogP contribution in [0.15, 0.2) is 29.2 Å². The van der Waals surface area contributed by atoms with E-state index in [1.807, 2.05) is 12.1 Å². The molecule has 0 unspecified atom stereocenters. The van der Waals surface area contributed by atoms with E-state index in [1.165, 1.54) is 0 Å². The van der Waals surface area contributed by atoms with Crippen LogP contribution in [0.5, 0.6) is 0 Å². The molecule has 0 saturated carbocycles. The number of hydrogen-bond donors (Lipinski definition) is 1. The summed E-state index contributed by atoms with van der Waals surface area (Å²) in [7, 11) is 0. The Kier molecular flexibility index (Phi) is 5.65. The number of imide groups is 1. The highest BCUT2D eigenvalue weighted by molar-refractivity contribution is 8.18. The number of anilines is 1. The van der Waals surface area contributed by atoms with E-state index in [-0.39, 0.29) is 16.4 Å². The SMILES string of the molecule is CCCCCCN1C(=O)/C(=C2\SC(=O)N(CC(=O)O)C2=O)c2ccccc21. The van der Waals surface area contributed by atoms with E-state index in [1.54, 1.807) is 17.0 Å². The molecule has 0 aromatic heterocycles. The Morgan fingerprint density at radius 2 is 1.78 bits per heavy atom. The molecule has 1 N–H and O–H groups in total. The van der Waals surface area contributed by atoms with Crippen LogP contribution in [-0.4, -0.2) is 46.1 Å². The zero-order chi connectivity index (χ0) is 19.6. The average Bonchev–Trinajstić information content (AvgIpc) is 3.06. The molecule has 27 heavy (non-hydrogen) atoms. The van der Waals surface area contributed by atoms with Crippen molar-refractivity contribution in [2.24, 2.45) is 0 Å². The molecule has 0 aliphatic carbocycles. The summed E-state index contributed by atoms with van der Waals surface area (Å²) >= 11 is 0.629. The summed E-state index contributed by atoms with van der Waals surface area (Å²) in [6.45, 7) is 1.94. The zero-order valence-electron chi connectivity index (χ0n) is 14.9. The van der Waals surface area contributed by atoms with Crippen LogP contribution in [0, 0.1) is 0 Å². The first-order chi connectivity index (χ1) is 13.0. The van der Waals surface area contributed by atoms with E-state index in [0.717, 1.165) is 31.4 Å². The van der Waals surface area contributed by atoms with E-state index >= 15 is 0 Å². The number of rotatable bonds is 7. The molecule has 8 heteroatoms. The minimum absolute atomic E-state index is 0.00904. The minimum Gasteiger partial charge on any atom is -0.480 e. The molecule has 1 fully saturated rings. The van der Waals surface area contributed by atoms with Crippen molar-refractivity contribution in [1.29, 1.82) is 0 Å². The van der Waals surface area contributed by atoms with E-state index in [9.17, 15) is 19.2 Å². The second-order valence-corrected chi connectivity index (χ2v) is 7.35. The molecule has 3 amide bonds. The third kappa shape index (κ3) is 3.62. The van der Waals surface area contributed by atoms with Crippen molar-refractivity contribution in [2.75, 3.05) is 18.0 Å². The number of para-hydroxylation sites is 1. The Hall–Kier alpha value is -2.61. The first-order valence-corrected chi connectivity index (χ1v) is 9.68. The highest BCUT2D eigenvalue weighted by atomic mass is 32.2. The van der Waals surface area contributed by atoms with Gasteiger partial charge in [0.2, 0.25) is 0 Å². The third-order valence-corrected chi connectivity index (χ3v) is 5.51. The lowest BCUT2D eigenvalue weighted by Gasteiger charge is -2.16. The van der Waals surface area contributed by atoms with E-state index in [2.05, 4.69) is 6.92 Å². The lowest BCUT2D eigenvalue weighted by molar-refractivity contribution is -0.140. The van der Waals surface area contributed by atoms with Crippen LogP contribution in [0.1, 0.15) is 38.2 Å². The number of benzene rings is 1. The van der Waals surface area contributed by atoms with Crippen molar-refractivity contribution in [2.45, 2.75) is 32.6 Å². The number of aliphatic carboxylic acids is 1. The van der Waals surface area contributed by atoms with Gasteiger partial charge in [0.15, 0.2) is 0 Å². The van der Waals surface area contributed by atoms with Gasteiger partial charge < -0.3 is 10.0 Å². The molecule has 3 rings (SSSR count). The summed E-state index contributed by atoms with van der Waals surface area (Å²) in [6, 6.07) is 7.17. The number of thioether (sulfide) groups is 1. The number of nitrogens with zero attached hydrogens (tertiary/aromatic N) is 2. The van der Waals surface area contributed by atoms with Crippen molar-refractivity contribution >= 4 is 46.0 Å². The fourth-order valence-corrected chi connectivity index (χ4v) is 4.17. The Morgan fingerprint density at radius 3 is 2.48 bits per heavy atom. The molecule has 1 aromatic carbocycles. The number of carboxylic acids is 1. The van der Waals surface area contributed by atoms with E-state index < -0.39 is 23.7 Å². The van der Waals surface area contributed by atoms with Crippen LogP contribution in [0.3, 0.4) is 0 Å². The summed E-state index contributed by atoms with van der Waals surface area (Å²) in [5, 5.41) is 8.24. The normalized spacial score (nSPS) is 19.2. The summed E-state index contributed by atoms with van der Waals surface area (Å²) in [6.07, 6.45) is 4.03. The van der Waals surface area contributed by atoms with Crippen LogP contribution in [-0.2, 0) is 14.4 Å². The molecular weight excluding hydrogens is 368 g/mol. The highest BCUT2D eigenvalue weighted by Gasteiger charge is 2.43. The Labute approximate surface area is 161 Å². The molecule has 7 nitrogen and oxygen atoms in total. The minimum atomic E-state index is -1.28. The predicted molar refractivity (Wildman–Crippen MR) is 102 cm³/mol. The molecule has 1 saturated heterocycles. The molecule has 0 spiro atoms. The number of hydrogen-bond acceptors (Lipinski definition) is 5. The van der Waals surface area contributed by atoms with Crippen molar-refractivity contribution in [1.82, 2.24) is 4.90 Å². The fraction of sp³-hybridized carbons (Fsp3) is 0.368. The van der Waals surface area contributed by atoms with Crippen molar-refractivity contribution in [3.8, 4) is 0 Å². The molecule has 1 aromatic rings. The van der Waals surface area contributed by atoms with Gasteiger partial charge in [-0.05, 0) is 24.2 Å². The fourth-order valence-electron chi connectivity index (χ4n) is 3.24. The number of carboxylic acid groups (broad SMARTS) is 1. The molecule has 2 aliphatic rings. The standard InChI is InChI=1S/C19H20N2O5S/c1-2-3-4-7-10-20-13-9-6-5-8-12(13)15(17(20)24)16-18(25)21(11-14(22)23)19(26)27-16/h5-6,8-9H,2-4,7,10-11H2,1H3,(H,22,23)/b16-15-. The average molecular weight is 388 g/mol. The number of carbonyl (C=O) groups is 4. The van der Waals surface area contributed by atoms with Crippen LogP contribution < -0.4 is 4.90 Å². The van der Waals surface area contributed by atoms with Crippen LogP contribution in [0.25, 0.3) is 5.57 Å². The van der Waals surface area contributed by atoms with Crippen molar-refractivity contribution in [3.05, 3.63) is 34.7 Å². The smallest absolute Gasteiger partial charge is 0.323 e. The van der Waals surface area contributed by atoms with Crippen LogP contribution in [0.4, 0.5) is 10.5 Å². The Balaban J connectivity index is 1.95. The summed E-state index contributed by atoms with van der Waals surface area (Å²) in [4.78, 5) is 50.9. The van der Waals surface area contributed by atoms with Crippen molar-refractivity contribution in [3.63, 3.8) is 0 Å². The van der Waals surface area contributed by atoms with Crippen LogP contribution >= 0.6 is 11.8 Å². The predicted octanol–water partition coefficient (Wildman–Crippen LogP) is 3.10. The van der Waals surface area contributed by atoms with Gasteiger partial charge in [-0.2, -0.15) is 0 Å². The summed E-state index contributed by atoms with van der Waals surface area (Å²) in [5.41, 5.74) is 1.52. The van der Waals surface area contributed by atoms with Gasteiger partial charge in [0.05, 0.1) is 16.2 Å². The van der Waals surface area contributed by atoms with Gasteiger partial charge >= 0.3 is 5.97 Å². The van der Waals surface area contributed by atoms with Gasteiger partial charge in [0.25, 0.3) is 17.1 Å². The maximum absolute atomic E-state index is 13.1. The number of unbranched alkanes of at least 4 members (excludes halogenated alkanes) is 3. The Morgan fingerprint density at radius 1 is 1.04 bits per heavy atom. The second-order valence-electron chi connectivity index (χ2n) is 6.39. The monoisotopic (exact) mass is 388 g/mol. The van der Waals surface area contributed by atoms with E-state index in [4.69, 9.17) is 5.11 Å². The zero-order valence-corrected chi connectivity index (χ0v) is 15.8. The molecule has 142 valence electrons. The number of fused-ring (bicyclic) bond motifs is 1. The topological polar surface area (TPSA) is 95.0 Å². The molecule has 0 bridgehead atoms. The quantitative estimate of drug-likeness (QED) is 0.570. The number of carbonyl (C=O) groups excluding carboxylic acids is 3. The van der Waals surface area contributed by atoms with Gasteiger partial charge in [0.1, 0.15) is 6.54 Å².